The summed E-state index contributed by atoms with van der Waals surface area (Å²) in [5.74, 6) is 0. The number of hydrogen-bond donors (Lipinski definition) is 1. The Labute approximate surface area is 99.5 Å². The molecule has 0 radical (unpaired) electrons. The zero-order valence-corrected chi connectivity index (χ0v) is 11.1. The quantitative estimate of drug-likeness (QED) is 0.845. The van der Waals surface area contributed by atoms with E-state index in [0.29, 0.717) is 6.04 Å². The van der Waals surface area contributed by atoms with Crippen LogP contribution in [0.4, 0.5) is 5.69 Å². The smallest absolute Gasteiger partial charge is 0.0395 e. The van der Waals surface area contributed by atoms with Gasteiger partial charge in [0.2, 0.25) is 0 Å². The van der Waals surface area contributed by atoms with Crippen molar-refractivity contribution in [3.8, 4) is 0 Å². The van der Waals surface area contributed by atoms with E-state index in [4.69, 9.17) is 5.73 Å². The second kappa shape index (κ2) is 5.35. The molecule has 0 heterocycles. The molecule has 2 N–H and O–H groups in total. The highest BCUT2D eigenvalue weighted by molar-refractivity contribution is 5.54. The lowest BCUT2D eigenvalue weighted by molar-refractivity contribution is 0.734. The number of rotatable bonds is 4. The minimum absolute atomic E-state index is 0.230. The van der Waals surface area contributed by atoms with Crippen LogP contribution in [-0.4, -0.2) is 19.1 Å². The SMILES string of the molecule is Cc1cc(CC(C)N)ccc1N(C)C(C)C. The summed E-state index contributed by atoms with van der Waals surface area (Å²) in [6.45, 7) is 8.62. The Bertz CT molecular complexity index is 343. The van der Waals surface area contributed by atoms with Gasteiger partial charge in [-0.25, -0.2) is 0 Å². The van der Waals surface area contributed by atoms with Crippen LogP contribution in [-0.2, 0) is 6.42 Å². The highest BCUT2D eigenvalue weighted by Gasteiger charge is 2.08. The Hall–Kier alpha value is -1.02. The molecule has 0 saturated carbocycles. The number of anilines is 1. The minimum Gasteiger partial charge on any atom is -0.372 e. The molecule has 0 aliphatic rings. The lowest BCUT2D eigenvalue weighted by Gasteiger charge is -2.26. The molecule has 0 amide bonds. The van der Waals surface area contributed by atoms with Gasteiger partial charge in [-0.15, -0.1) is 0 Å². The van der Waals surface area contributed by atoms with Gasteiger partial charge in [-0.05, 0) is 51.3 Å². The van der Waals surface area contributed by atoms with Crippen molar-refractivity contribution in [2.75, 3.05) is 11.9 Å². The zero-order valence-electron chi connectivity index (χ0n) is 11.1. The maximum absolute atomic E-state index is 5.81. The van der Waals surface area contributed by atoms with Crippen molar-refractivity contribution in [2.24, 2.45) is 5.73 Å². The molecule has 2 nitrogen and oxygen atoms in total. The van der Waals surface area contributed by atoms with Crippen molar-refractivity contribution in [1.29, 1.82) is 0 Å². The van der Waals surface area contributed by atoms with Crippen LogP contribution < -0.4 is 10.6 Å². The number of nitrogens with zero attached hydrogens (tertiary/aromatic N) is 1. The van der Waals surface area contributed by atoms with Gasteiger partial charge in [-0.2, -0.15) is 0 Å². The fraction of sp³-hybridized carbons (Fsp3) is 0.571. The first kappa shape index (κ1) is 13.0. The Morgan fingerprint density at radius 3 is 2.31 bits per heavy atom. The molecule has 1 aromatic rings. The molecule has 1 aromatic carbocycles. The summed E-state index contributed by atoms with van der Waals surface area (Å²) < 4.78 is 0. The van der Waals surface area contributed by atoms with E-state index >= 15 is 0 Å². The summed E-state index contributed by atoms with van der Waals surface area (Å²) in [6, 6.07) is 7.39. The maximum Gasteiger partial charge on any atom is 0.0395 e. The van der Waals surface area contributed by atoms with Gasteiger partial charge in [0.15, 0.2) is 0 Å². The van der Waals surface area contributed by atoms with Crippen molar-refractivity contribution in [1.82, 2.24) is 0 Å². The Balaban J connectivity index is 2.91. The van der Waals surface area contributed by atoms with E-state index in [0.717, 1.165) is 6.42 Å². The third-order valence-corrected chi connectivity index (χ3v) is 2.97. The van der Waals surface area contributed by atoms with Gasteiger partial charge in [0.05, 0.1) is 0 Å². The molecule has 0 aliphatic carbocycles. The summed E-state index contributed by atoms with van der Waals surface area (Å²) in [4.78, 5) is 2.30. The van der Waals surface area contributed by atoms with E-state index in [1.54, 1.807) is 0 Å². The highest BCUT2D eigenvalue weighted by atomic mass is 15.1. The predicted octanol–water partition coefficient (Wildman–Crippen LogP) is 2.73. The fourth-order valence-corrected chi connectivity index (χ4v) is 1.89. The van der Waals surface area contributed by atoms with Gasteiger partial charge >= 0.3 is 0 Å². The Kier molecular flexibility index (Phi) is 4.36. The van der Waals surface area contributed by atoms with Crippen LogP contribution in [0, 0.1) is 6.92 Å². The second-order valence-corrected chi connectivity index (χ2v) is 5.01. The van der Waals surface area contributed by atoms with Crippen molar-refractivity contribution >= 4 is 5.69 Å². The van der Waals surface area contributed by atoms with E-state index in [1.165, 1.54) is 16.8 Å². The molecule has 0 bridgehead atoms. The molecule has 2 heteroatoms. The summed E-state index contributed by atoms with van der Waals surface area (Å²) in [6.07, 6.45) is 0.951. The Morgan fingerprint density at radius 2 is 1.88 bits per heavy atom. The summed E-state index contributed by atoms with van der Waals surface area (Å²) in [5, 5.41) is 0. The molecule has 0 fully saturated rings. The number of benzene rings is 1. The van der Waals surface area contributed by atoms with Gasteiger partial charge in [-0.1, -0.05) is 12.1 Å². The first-order chi connectivity index (χ1) is 7.41. The van der Waals surface area contributed by atoms with Gasteiger partial charge in [-0.3, -0.25) is 0 Å². The van der Waals surface area contributed by atoms with E-state index in [2.05, 4.69) is 50.9 Å². The average Bonchev–Trinajstić information content (AvgIpc) is 2.15. The minimum atomic E-state index is 0.230. The lowest BCUT2D eigenvalue weighted by Crippen LogP contribution is -2.26. The van der Waals surface area contributed by atoms with Gasteiger partial charge in [0.25, 0.3) is 0 Å². The summed E-state index contributed by atoms with van der Waals surface area (Å²) in [7, 11) is 2.14. The van der Waals surface area contributed by atoms with Crippen LogP contribution >= 0.6 is 0 Å². The van der Waals surface area contributed by atoms with Crippen LogP contribution in [0.25, 0.3) is 0 Å². The van der Waals surface area contributed by atoms with Gasteiger partial charge < -0.3 is 10.6 Å². The third kappa shape index (κ3) is 3.24. The monoisotopic (exact) mass is 220 g/mol. The first-order valence-electron chi connectivity index (χ1n) is 5.99. The van der Waals surface area contributed by atoms with Crippen LogP contribution in [0.15, 0.2) is 18.2 Å². The lowest BCUT2D eigenvalue weighted by atomic mass is 10.0. The largest absolute Gasteiger partial charge is 0.372 e. The second-order valence-electron chi connectivity index (χ2n) is 5.01. The standard InChI is InChI=1S/C14H24N2/c1-10(2)16(5)14-7-6-13(8-11(14)3)9-12(4)15/h6-8,10,12H,9,15H2,1-5H3. The highest BCUT2D eigenvalue weighted by Crippen LogP contribution is 2.22. The maximum atomic E-state index is 5.81. The molecular formula is C14H24N2. The van der Waals surface area contributed by atoms with Gasteiger partial charge in [0.1, 0.15) is 0 Å². The normalized spacial score (nSPS) is 12.9. The number of nitrogens with two attached hydrogens (primary N) is 1. The topological polar surface area (TPSA) is 29.3 Å². The van der Waals surface area contributed by atoms with E-state index in [1.807, 2.05) is 6.92 Å². The van der Waals surface area contributed by atoms with Gasteiger partial charge in [0, 0.05) is 24.8 Å². The zero-order chi connectivity index (χ0) is 12.3. The van der Waals surface area contributed by atoms with Crippen molar-refractivity contribution < 1.29 is 0 Å². The summed E-state index contributed by atoms with van der Waals surface area (Å²) in [5.41, 5.74) is 9.77. The molecule has 16 heavy (non-hydrogen) atoms. The van der Waals surface area contributed by atoms with Crippen LogP contribution in [0.3, 0.4) is 0 Å². The van der Waals surface area contributed by atoms with Crippen LogP contribution in [0.5, 0.6) is 0 Å². The van der Waals surface area contributed by atoms with E-state index in [-0.39, 0.29) is 6.04 Å². The van der Waals surface area contributed by atoms with Crippen molar-refractivity contribution in [3.05, 3.63) is 29.3 Å². The van der Waals surface area contributed by atoms with Crippen LogP contribution in [0.2, 0.25) is 0 Å². The summed E-state index contributed by atoms with van der Waals surface area (Å²) >= 11 is 0. The fourth-order valence-electron chi connectivity index (χ4n) is 1.89. The van der Waals surface area contributed by atoms with Crippen LogP contribution in [0.1, 0.15) is 31.9 Å². The van der Waals surface area contributed by atoms with Crippen molar-refractivity contribution in [2.45, 2.75) is 46.2 Å². The Morgan fingerprint density at radius 1 is 1.25 bits per heavy atom. The predicted molar refractivity (Wildman–Crippen MR) is 72.1 cm³/mol. The molecule has 1 rings (SSSR count). The molecule has 1 unspecified atom stereocenters. The van der Waals surface area contributed by atoms with Crippen molar-refractivity contribution in [3.63, 3.8) is 0 Å². The molecule has 0 saturated heterocycles. The number of hydrogen-bond acceptors (Lipinski definition) is 2. The molecule has 0 aromatic heterocycles. The molecule has 0 aliphatic heterocycles. The third-order valence-electron chi connectivity index (χ3n) is 2.97. The molecule has 1 atom stereocenters. The average molecular weight is 220 g/mol. The van der Waals surface area contributed by atoms with E-state index < -0.39 is 0 Å². The van der Waals surface area contributed by atoms with E-state index in [9.17, 15) is 0 Å². The molecular weight excluding hydrogens is 196 g/mol. The number of aryl methyl sites for hydroxylation is 1. The molecule has 0 spiro atoms. The molecule has 90 valence electrons. The first-order valence-corrected chi connectivity index (χ1v) is 5.99.